The normalized spacial score (nSPS) is 13.9. The van der Waals surface area contributed by atoms with Gasteiger partial charge in [-0.2, -0.15) is 0 Å². The zero-order valence-corrected chi connectivity index (χ0v) is 13.3. The molecule has 2 aromatic rings. The maximum atomic E-state index is 3.64. The molecule has 0 heterocycles. The first kappa shape index (κ1) is 15.0. The number of nitrogens with one attached hydrogen (secondary N) is 1. The van der Waals surface area contributed by atoms with Crippen LogP contribution in [0.3, 0.4) is 0 Å². The van der Waals surface area contributed by atoms with Crippen LogP contribution in [-0.2, 0) is 0 Å². The molecule has 0 amide bonds. The molecule has 0 aliphatic carbocycles. The Kier molecular flexibility index (Phi) is 4.46. The van der Waals surface area contributed by atoms with E-state index in [2.05, 4.69) is 87.5 Å². The molecule has 0 aliphatic rings. The number of nitrogens with zero attached hydrogens (tertiary/aromatic N) is 1. The molecule has 0 spiro atoms. The van der Waals surface area contributed by atoms with Gasteiger partial charge < -0.3 is 10.2 Å². The fourth-order valence-electron chi connectivity index (χ4n) is 2.16. The van der Waals surface area contributed by atoms with E-state index in [1.54, 1.807) is 0 Å². The second-order valence-corrected chi connectivity index (χ2v) is 6.42. The summed E-state index contributed by atoms with van der Waals surface area (Å²) < 4.78 is 0. The Morgan fingerprint density at radius 3 is 2.35 bits per heavy atom. The zero-order valence-electron chi connectivity index (χ0n) is 13.3. The van der Waals surface area contributed by atoms with Gasteiger partial charge in [-0.25, -0.2) is 0 Å². The molecule has 0 saturated carbocycles. The van der Waals surface area contributed by atoms with Crippen LogP contribution in [0.4, 0.5) is 0 Å². The van der Waals surface area contributed by atoms with E-state index in [9.17, 15) is 0 Å². The van der Waals surface area contributed by atoms with Crippen LogP contribution in [0.15, 0.2) is 42.5 Å². The van der Waals surface area contributed by atoms with Gasteiger partial charge in [0.2, 0.25) is 0 Å². The van der Waals surface area contributed by atoms with Crippen molar-refractivity contribution in [2.24, 2.45) is 0 Å². The topological polar surface area (TPSA) is 15.3 Å². The predicted octanol–water partition coefficient (Wildman–Crippen LogP) is 3.83. The van der Waals surface area contributed by atoms with Gasteiger partial charge in [0.1, 0.15) is 0 Å². The molecule has 0 bridgehead atoms. The molecule has 0 aromatic heterocycles. The summed E-state index contributed by atoms with van der Waals surface area (Å²) in [6, 6.07) is 15.6. The number of rotatable bonds is 5. The smallest absolute Gasteiger partial charge is 0.0292 e. The molecular formula is C18H26N2. The summed E-state index contributed by atoms with van der Waals surface area (Å²) in [5.41, 5.74) is 1.50. The van der Waals surface area contributed by atoms with Gasteiger partial charge in [0.25, 0.3) is 0 Å². The Balaban J connectivity index is 2.09. The van der Waals surface area contributed by atoms with E-state index in [1.165, 1.54) is 16.3 Å². The first-order valence-corrected chi connectivity index (χ1v) is 7.30. The standard InChI is InChI=1S/C18H26N2/c1-14(19-13-18(2,3)20(4)5)16-11-10-15-8-6-7-9-17(15)12-16/h6-12,14,19H,13H2,1-5H3. The van der Waals surface area contributed by atoms with E-state index in [4.69, 9.17) is 0 Å². The Morgan fingerprint density at radius 1 is 1.05 bits per heavy atom. The summed E-state index contributed by atoms with van der Waals surface area (Å²) in [4.78, 5) is 2.26. The molecule has 0 radical (unpaired) electrons. The number of hydrogen-bond donors (Lipinski definition) is 1. The van der Waals surface area contributed by atoms with Crippen molar-refractivity contribution in [3.63, 3.8) is 0 Å². The number of hydrogen-bond acceptors (Lipinski definition) is 2. The molecule has 1 N–H and O–H groups in total. The van der Waals surface area contributed by atoms with Crippen LogP contribution in [0.5, 0.6) is 0 Å². The summed E-state index contributed by atoms with van der Waals surface area (Å²) in [5.74, 6) is 0. The molecule has 2 rings (SSSR count). The lowest BCUT2D eigenvalue weighted by atomic mass is 10.0. The van der Waals surface area contributed by atoms with E-state index >= 15 is 0 Å². The third kappa shape index (κ3) is 3.38. The minimum Gasteiger partial charge on any atom is -0.308 e. The molecule has 20 heavy (non-hydrogen) atoms. The number of benzene rings is 2. The highest BCUT2D eigenvalue weighted by molar-refractivity contribution is 5.83. The average molecular weight is 270 g/mol. The maximum absolute atomic E-state index is 3.64. The third-order valence-corrected chi connectivity index (χ3v) is 4.33. The van der Waals surface area contributed by atoms with Crippen molar-refractivity contribution >= 4 is 10.8 Å². The van der Waals surface area contributed by atoms with Gasteiger partial charge >= 0.3 is 0 Å². The Morgan fingerprint density at radius 2 is 1.70 bits per heavy atom. The highest BCUT2D eigenvalue weighted by Crippen LogP contribution is 2.21. The van der Waals surface area contributed by atoms with Crippen molar-refractivity contribution < 1.29 is 0 Å². The van der Waals surface area contributed by atoms with Crippen LogP contribution >= 0.6 is 0 Å². The van der Waals surface area contributed by atoms with E-state index in [-0.39, 0.29) is 5.54 Å². The Bertz CT molecular complexity index is 572. The van der Waals surface area contributed by atoms with Gasteiger partial charge in [-0.05, 0) is 57.3 Å². The van der Waals surface area contributed by atoms with Crippen molar-refractivity contribution in [2.75, 3.05) is 20.6 Å². The van der Waals surface area contributed by atoms with Crippen molar-refractivity contribution in [1.29, 1.82) is 0 Å². The second-order valence-electron chi connectivity index (χ2n) is 6.42. The first-order valence-electron chi connectivity index (χ1n) is 7.30. The van der Waals surface area contributed by atoms with Gasteiger partial charge in [-0.3, -0.25) is 0 Å². The SMILES string of the molecule is CC(NCC(C)(C)N(C)C)c1ccc2ccccc2c1. The summed E-state index contributed by atoms with van der Waals surface area (Å²) in [5, 5.41) is 6.26. The number of likely N-dealkylation sites (N-methyl/N-ethyl adjacent to an activating group) is 1. The molecular weight excluding hydrogens is 244 g/mol. The van der Waals surface area contributed by atoms with Crippen LogP contribution in [0, 0.1) is 0 Å². The van der Waals surface area contributed by atoms with Crippen LogP contribution in [0.1, 0.15) is 32.4 Å². The van der Waals surface area contributed by atoms with E-state index in [1.807, 2.05) is 0 Å². The van der Waals surface area contributed by atoms with E-state index in [0.717, 1.165) is 6.54 Å². The van der Waals surface area contributed by atoms with E-state index in [0.29, 0.717) is 6.04 Å². The molecule has 0 aliphatic heterocycles. The fraction of sp³-hybridized carbons (Fsp3) is 0.444. The van der Waals surface area contributed by atoms with Crippen molar-refractivity contribution in [3.05, 3.63) is 48.0 Å². The maximum Gasteiger partial charge on any atom is 0.0292 e. The molecule has 2 heteroatoms. The Labute approximate surface area is 122 Å². The molecule has 1 atom stereocenters. The van der Waals surface area contributed by atoms with Crippen LogP contribution in [0.25, 0.3) is 10.8 Å². The van der Waals surface area contributed by atoms with Gasteiger partial charge in [0.15, 0.2) is 0 Å². The summed E-state index contributed by atoms with van der Waals surface area (Å²) in [6.07, 6.45) is 0. The second kappa shape index (κ2) is 5.94. The quantitative estimate of drug-likeness (QED) is 0.888. The van der Waals surface area contributed by atoms with Gasteiger partial charge in [0.05, 0.1) is 0 Å². The van der Waals surface area contributed by atoms with Gasteiger partial charge in [-0.15, -0.1) is 0 Å². The Hall–Kier alpha value is -1.38. The largest absolute Gasteiger partial charge is 0.308 e. The average Bonchev–Trinajstić information content (AvgIpc) is 2.44. The fourth-order valence-corrected chi connectivity index (χ4v) is 2.16. The lowest BCUT2D eigenvalue weighted by Gasteiger charge is -2.34. The molecule has 1 unspecified atom stereocenters. The molecule has 2 aromatic carbocycles. The monoisotopic (exact) mass is 270 g/mol. The molecule has 2 nitrogen and oxygen atoms in total. The minimum absolute atomic E-state index is 0.158. The summed E-state index contributed by atoms with van der Waals surface area (Å²) in [7, 11) is 4.25. The van der Waals surface area contributed by atoms with Crippen LogP contribution in [0.2, 0.25) is 0 Å². The highest BCUT2D eigenvalue weighted by atomic mass is 15.2. The minimum atomic E-state index is 0.158. The van der Waals surface area contributed by atoms with Crippen molar-refractivity contribution in [3.8, 4) is 0 Å². The zero-order chi connectivity index (χ0) is 14.8. The summed E-state index contributed by atoms with van der Waals surface area (Å²) >= 11 is 0. The lowest BCUT2D eigenvalue weighted by molar-refractivity contribution is 0.185. The lowest BCUT2D eigenvalue weighted by Crippen LogP contribution is -2.47. The van der Waals surface area contributed by atoms with Crippen LogP contribution < -0.4 is 5.32 Å². The molecule has 0 saturated heterocycles. The first-order chi connectivity index (χ1) is 9.40. The highest BCUT2D eigenvalue weighted by Gasteiger charge is 2.21. The van der Waals surface area contributed by atoms with Crippen molar-refractivity contribution in [2.45, 2.75) is 32.4 Å². The van der Waals surface area contributed by atoms with Gasteiger partial charge in [-0.1, -0.05) is 36.4 Å². The van der Waals surface area contributed by atoms with Crippen molar-refractivity contribution in [1.82, 2.24) is 10.2 Å². The summed E-state index contributed by atoms with van der Waals surface area (Å²) in [6.45, 7) is 7.71. The number of fused-ring (bicyclic) bond motifs is 1. The van der Waals surface area contributed by atoms with Crippen LogP contribution in [-0.4, -0.2) is 31.1 Å². The predicted molar refractivity (Wildman–Crippen MR) is 88.1 cm³/mol. The molecule has 0 fully saturated rings. The third-order valence-electron chi connectivity index (χ3n) is 4.33. The van der Waals surface area contributed by atoms with E-state index < -0.39 is 0 Å². The van der Waals surface area contributed by atoms with Gasteiger partial charge in [0, 0.05) is 18.1 Å². The molecule has 108 valence electrons.